The number of alkyl halides is 1. The van der Waals surface area contributed by atoms with Crippen molar-refractivity contribution in [1.82, 2.24) is 4.31 Å². The van der Waals surface area contributed by atoms with Crippen molar-refractivity contribution in [1.29, 1.82) is 0 Å². The third kappa shape index (κ3) is 3.85. The number of halogens is 1. The molecular weight excluding hydrogens is 254 g/mol. The van der Waals surface area contributed by atoms with Crippen LogP contribution in [0.3, 0.4) is 0 Å². The van der Waals surface area contributed by atoms with Crippen molar-refractivity contribution in [2.75, 3.05) is 38.4 Å². The molecule has 1 heterocycles. The van der Waals surface area contributed by atoms with Crippen LogP contribution < -0.4 is 0 Å². The molecule has 0 aliphatic carbocycles. The van der Waals surface area contributed by atoms with E-state index in [1.54, 1.807) is 0 Å². The summed E-state index contributed by atoms with van der Waals surface area (Å²) in [5.41, 5.74) is -0.966. The van der Waals surface area contributed by atoms with E-state index in [2.05, 4.69) is 0 Å². The maximum atomic E-state index is 11.6. The van der Waals surface area contributed by atoms with E-state index >= 15 is 0 Å². The Morgan fingerprint density at radius 2 is 2.00 bits per heavy atom. The second-order valence-corrected chi connectivity index (χ2v) is 6.67. The van der Waals surface area contributed by atoms with Crippen LogP contribution in [0.2, 0.25) is 0 Å². The van der Waals surface area contributed by atoms with Crippen molar-refractivity contribution < 1.29 is 18.3 Å². The van der Waals surface area contributed by atoms with Gasteiger partial charge in [-0.25, -0.2) is 12.7 Å². The number of hydrogen-bond acceptors (Lipinski definition) is 4. The lowest BCUT2D eigenvalue weighted by Crippen LogP contribution is -2.47. The Balaban J connectivity index is 2.59. The van der Waals surface area contributed by atoms with E-state index in [1.165, 1.54) is 11.4 Å². The van der Waals surface area contributed by atoms with E-state index in [1.807, 2.05) is 0 Å². The van der Waals surface area contributed by atoms with E-state index in [9.17, 15) is 13.5 Å². The van der Waals surface area contributed by atoms with Gasteiger partial charge in [-0.15, -0.1) is 11.6 Å². The zero-order valence-corrected chi connectivity index (χ0v) is 10.9. The first-order chi connectivity index (χ1) is 7.40. The molecule has 1 saturated heterocycles. The highest BCUT2D eigenvalue weighted by molar-refractivity contribution is 7.89. The zero-order chi connectivity index (χ0) is 12.2. The molecule has 1 rings (SSSR count). The van der Waals surface area contributed by atoms with Crippen LogP contribution in [0.4, 0.5) is 0 Å². The molecule has 96 valence electrons. The van der Waals surface area contributed by atoms with E-state index < -0.39 is 15.6 Å². The summed E-state index contributed by atoms with van der Waals surface area (Å²) in [5, 5.41) is 10.2. The minimum absolute atomic E-state index is 0.0637. The monoisotopic (exact) mass is 271 g/mol. The Hall–Kier alpha value is 0.120. The first kappa shape index (κ1) is 14.2. The van der Waals surface area contributed by atoms with Gasteiger partial charge in [0.1, 0.15) is 0 Å². The van der Waals surface area contributed by atoms with Gasteiger partial charge in [0.2, 0.25) is 10.0 Å². The Morgan fingerprint density at radius 1 is 1.44 bits per heavy atom. The van der Waals surface area contributed by atoms with Crippen LogP contribution in [-0.4, -0.2) is 61.9 Å². The molecular formula is C9H18ClNO4S. The molecule has 0 atom stereocenters. The van der Waals surface area contributed by atoms with Gasteiger partial charge in [0.05, 0.1) is 11.4 Å². The van der Waals surface area contributed by atoms with Gasteiger partial charge in [-0.1, -0.05) is 0 Å². The third-order valence-electron chi connectivity index (χ3n) is 2.75. The fourth-order valence-electron chi connectivity index (χ4n) is 1.68. The summed E-state index contributed by atoms with van der Waals surface area (Å²) in [5.74, 6) is -0.0359. The molecule has 0 amide bonds. The van der Waals surface area contributed by atoms with E-state index in [0.29, 0.717) is 26.1 Å². The van der Waals surface area contributed by atoms with Crippen LogP contribution in [0.5, 0.6) is 0 Å². The molecule has 0 unspecified atom stereocenters. The first-order valence-electron chi connectivity index (χ1n) is 5.20. The van der Waals surface area contributed by atoms with Gasteiger partial charge in [0.15, 0.2) is 0 Å². The SMILES string of the molecule is CN(CC1(O)CCOCC1)S(=O)(=O)CCCl. The van der Waals surface area contributed by atoms with Crippen LogP contribution in [0.1, 0.15) is 12.8 Å². The average Bonchev–Trinajstić information content (AvgIpc) is 2.17. The standard InChI is InChI=1S/C9H18ClNO4S/c1-11(16(13,14)7-4-10)8-9(12)2-5-15-6-3-9/h12H,2-8H2,1H3. The predicted molar refractivity (Wildman–Crippen MR) is 62.1 cm³/mol. The predicted octanol–water partition coefficient (Wildman–Crippen LogP) is 0.0283. The van der Waals surface area contributed by atoms with Crippen molar-refractivity contribution in [3.63, 3.8) is 0 Å². The van der Waals surface area contributed by atoms with Gasteiger partial charge in [-0.05, 0) is 0 Å². The topological polar surface area (TPSA) is 66.8 Å². The summed E-state index contributed by atoms with van der Waals surface area (Å²) in [4.78, 5) is 0. The number of nitrogens with zero attached hydrogens (tertiary/aromatic N) is 1. The zero-order valence-electron chi connectivity index (χ0n) is 9.36. The molecule has 0 spiro atoms. The summed E-state index contributed by atoms with van der Waals surface area (Å²) < 4.78 is 29.6. The van der Waals surface area contributed by atoms with Gasteiger partial charge in [-0.3, -0.25) is 0 Å². The van der Waals surface area contributed by atoms with Crippen LogP contribution >= 0.6 is 11.6 Å². The number of sulfonamides is 1. The fraction of sp³-hybridized carbons (Fsp3) is 1.00. The summed E-state index contributed by atoms with van der Waals surface area (Å²) in [6, 6.07) is 0. The molecule has 16 heavy (non-hydrogen) atoms. The Morgan fingerprint density at radius 3 is 2.50 bits per heavy atom. The van der Waals surface area contributed by atoms with Crippen molar-refractivity contribution in [3.8, 4) is 0 Å². The van der Waals surface area contributed by atoms with Crippen molar-refractivity contribution in [2.45, 2.75) is 18.4 Å². The normalized spacial score (nSPS) is 21.2. The van der Waals surface area contributed by atoms with Gasteiger partial charge in [0.25, 0.3) is 0 Å². The maximum absolute atomic E-state index is 11.6. The molecule has 1 aliphatic rings. The fourth-order valence-corrected chi connectivity index (χ4v) is 3.20. The summed E-state index contributed by atoms with van der Waals surface area (Å²) in [6.07, 6.45) is 0.932. The molecule has 1 fully saturated rings. The Bertz CT molecular complexity index is 313. The Kier molecular flexibility index (Phi) is 5.00. The minimum atomic E-state index is -3.35. The van der Waals surface area contributed by atoms with E-state index in [0.717, 1.165) is 0 Å². The number of aliphatic hydroxyl groups is 1. The van der Waals surface area contributed by atoms with E-state index in [-0.39, 0.29) is 18.2 Å². The number of likely N-dealkylation sites (N-methyl/N-ethyl adjacent to an activating group) is 1. The Labute approximate surface area is 101 Å². The summed E-state index contributed by atoms with van der Waals surface area (Å²) >= 11 is 5.42. The van der Waals surface area contributed by atoms with Gasteiger partial charge >= 0.3 is 0 Å². The first-order valence-corrected chi connectivity index (χ1v) is 7.34. The highest BCUT2D eigenvalue weighted by atomic mass is 35.5. The van der Waals surface area contributed by atoms with Crippen molar-refractivity contribution >= 4 is 21.6 Å². The molecule has 0 saturated carbocycles. The van der Waals surface area contributed by atoms with Crippen LogP contribution in [0.15, 0.2) is 0 Å². The van der Waals surface area contributed by atoms with Crippen LogP contribution in [0.25, 0.3) is 0 Å². The minimum Gasteiger partial charge on any atom is -0.388 e. The average molecular weight is 272 g/mol. The molecule has 0 aromatic rings. The molecule has 1 N–H and O–H groups in total. The third-order valence-corrected chi connectivity index (χ3v) is 4.96. The van der Waals surface area contributed by atoms with Gasteiger partial charge in [-0.2, -0.15) is 0 Å². The lowest BCUT2D eigenvalue weighted by Gasteiger charge is -2.34. The lowest BCUT2D eigenvalue weighted by molar-refractivity contribution is -0.0689. The van der Waals surface area contributed by atoms with Gasteiger partial charge in [0, 0.05) is 45.5 Å². The highest BCUT2D eigenvalue weighted by Crippen LogP contribution is 2.22. The summed E-state index contributed by atoms with van der Waals surface area (Å²) in [7, 11) is -1.88. The molecule has 0 radical (unpaired) electrons. The molecule has 0 aromatic heterocycles. The summed E-state index contributed by atoms with van der Waals surface area (Å²) in [6.45, 7) is 1.05. The number of hydrogen-bond donors (Lipinski definition) is 1. The van der Waals surface area contributed by atoms with Crippen molar-refractivity contribution in [2.24, 2.45) is 0 Å². The lowest BCUT2D eigenvalue weighted by atomic mass is 9.95. The molecule has 0 aromatic carbocycles. The van der Waals surface area contributed by atoms with Crippen LogP contribution in [-0.2, 0) is 14.8 Å². The molecule has 1 aliphatic heterocycles. The second-order valence-electron chi connectivity index (χ2n) is 4.10. The second kappa shape index (κ2) is 5.64. The largest absolute Gasteiger partial charge is 0.388 e. The molecule has 0 bridgehead atoms. The maximum Gasteiger partial charge on any atom is 0.215 e. The number of rotatable bonds is 5. The quantitative estimate of drug-likeness (QED) is 0.717. The molecule has 5 nitrogen and oxygen atoms in total. The van der Waals surface area contributed by atoms with E-state index in [4.69, 9.17) is 16.3 Å². The van der Waals surface area contributed by atoms with Crippen molar-refractivity contribution in [3.05, 3.63) is 0 Å². The highest BCUT2D eigenvalue weighted by Gasteiger charge is 2.34. The van der Waals surface area contributed by atoms with Gasteiger partial charge < -0.3 is 9.84 Å². The smallest absolute Gasteiger partial charge is 0.215 e. The van der Waals surface area contributed by atoms with Crippen LogP contribution in [0, 0.1) is 0 Å². The number of ether oxygens (including phenoxy) is 1. The molecule has 7 heteroatoms.